The van der Waals surface area contributed by atoms with Crippen LogP contribution < -0.4 is 9.62 Å². The molecule has 0 aliphatic carbocycles. The number of fused-ring (bicyclic) bond motifs is 1. The molecule has 2 rings (SSSR count). The van der Waals surface area contributed by atoms with Crippen LogP contribution in [0.25, 0.3) is 16.3 Å². The van der Waals surface area contributed by atoms with Crippen LogP contribution >= 0.6 is 0 Å². The summed E-state index contributed by atoms with van der Waals surface area (Å²) in [6.45, 7) is 0.494. The fourth-order valence-electron chi connectivity index (χ4n) is 2.61. The van der Waals surface area contributed by atoms with E-state index in [1.54, 1.807) is 18.2 Å². The van der Waals surface area contributed by atoms with Gasteiger partial charge in [-0.2, -0.15) is 4.79 Å². The van der Waals surface area contributed by atoms with E-state index in [4.69, 9.17) is 10.3 Å². The monoisotopic (exact) mass is 404 g/mol. The number of anilines is 1. The smallest absolute Gasteiger partial charge is 0.441 e. The fraction of sp³-hybridized carbons (Fsp3) is 0.278. The number of nitrogens with one attached hydrogen (secondary N) is 1. The zero-order chi connectivity index (χ0) is 20.9. The van der Waals surface area contributed by atoms with Crippen LogP contribution in [0.3, 0.4) is 0 Å². The number of carbonyl (C=O) groups excluding carboxylic acids is 2. The fourth-order valence-corrected chi connectivity index (χ4v) is 3.84. The minimum absolute atomic E-state index is 0.0985. The van der Waals surface area contributed by atoms with Crippen molar-refractivity contribution in [2.24, 2.45) is 0 Å². The van der Waals surface area contributed by atoms with E-state index >= 15 is 0 Å². The van der Waals surface area contributed by atoms with Crippen molar-refractivity contribution < 1.29 is 27.5 Å². The molecule has 0 radical (unpaired) electrons. The van der Waals surface area contributed by atoms with Gasteiger partial charge in [0.2, 0.25) is 15.8 Å². The second kappa shape index (κ2) is 8.75. The number of carbonyl (C=O) groups is 2. The third-order valence-corrected chi connectivity index (χ3v) is 5.40. The van der Waals surface area contributed by atoms with E-state index in [0.717, 1.165) is 18.0 Å². The summed E-state index contributed by atoms with van der Waals surface area (Å²) in [6, 6.07) is 10.4. The van der Waals surface area contributed by atoms with E-state index < -0.39 is 27.5 Å². The maximum absolute atomic E-state index is 12.7. The summed E-state index contributed by atoms with van der Waals surface area (Å²) in [6.07, 6.45) is 0. The highest BCUT2D eigenvalue weighted by Gasteiger charge is 2.27. The molecular formula is C18H20N4O5S. The van der Waals surface area contributed by atoms with Gasteiger partial charge in [0.05, 0.1) is 4.90 Å². The Kier molecular flexibility index (Phi) is 6.63. The van der Waals surface area contributed by atoms with Crippen molar-refractivity contribution in [3.63, 3.8) is 0 Å². The molecule has 0 saturated heterocycles. The van der Waals surface area contributed by atoms with Gasteiger partial charge in [0.1, 0.15) is 6.61 Å². The molecule has 0 atom stereocenters. The van der Waals surface area contributed by atoms with Crippen LogP contribution in [0, 0.1) is 0 Å². The first kappa shape index (κ1) is 21.2. The Labute approximate surface area is 162 Å². The Balaban J connectivity index is 2.16. The third-order valence-electron chi connectivity index (χ3n) is 3.88. The second-order valence-electron chi connectivity index (χ2n) is 6.06. The number of nitrogens with zero attached hydrogens (tertiary/aromatic N) is 3. The van der Waals surface area contributed by atoms with E-state index in [1.807, 2.05) is 31.1 Å². The van der Waals surface area contributed by atoms with Gasteiger partial charge in [0, 0.05) is 44.0 Å². The quantitative estimate of drug-likeness (QED) is 0.174. The molecule has 1 N–H and O–H groups in total. The largest absolute Gasteiger partial charge is 0.455 e. The molecule has 0 aromatic heterocycles. The Morgan fingerprint density at radius 2 is 1.79 bits per heavy atom. The number of sulfonamides is 1. The standard InChI is InChI=1S/C18H20N4O5S/c1-12(23)17(21-19)18(24)27-11-10-20-28(25,26)16-9-5-6-13-14(16)7-4-8-15(13)22(2)3/h4-9,20H,10-11H2,1-3H3. The molecule has 0 unspecified atom stereocenters. The van der Waals surface area contributed by atoms with Crippen molar-refractivity contribution in [1.82, 2.24) is 4.72 Å². The van der Waals surface area contributed by atoms with Gasteiger partial charge >= 0.3 is 11.7 Å². The Morgan fingerprint density at radius 3 is 2.39 bits per heavy atom. The van der Waals surface area contributed by atoms with Gasteiger partial charge in [-0.3, -0.25) is 4.79 Å². The summed E-state index contributed by atoms with van der Waals surface area (Å²) >= 11 is 0. The average molecular weight is 404 g/mol. The molecule has 0 amide bonds. The minimum atomic E-state index is -3.88. The SMILES string of the molecule is CC(=O)C(=[N+]=[N-])C(=O)OCCNS(=O)(=O)c1cccc2c(N(C)C)cccc12. The van der Waals surface area contributed by atoms with E-state index in [-0.39, 0.29) is 18.0 Å². The molecule has 0 heterocycles. The molecule has 0 saturated carbocycles. The third kappa shape index (κ3) is 4.61. The number of hydrogen-bond acceptors (Lipinski definition) is 6. The van der Waals surface area contributed by atoms with Crippen molar-refractivity contribution in [2.45, 2.75) is 11.8 Å². The highest BCUT2D eigenvalue weighted by molar-refractivity contribution is 7.89. The van der Waals surface area contributed by atoms with Crippen molar-refractivity contribution in [3.05, 3.63) is 41.9 Å². The number of ketones is 1. The zero-order valence-corrected chi connectivity index (χ0v) is 16.5. The molecule has 2 aromatic rings. The van der Waals surface area contributed by atoms with Crippen LogP contribution in [0.1, 0.15) is 6.92 Å². The van der Waals surface area contributed by atoms with Crippen molar-refractivity contribution in [1.29, 1.82) is 0 Å². The predicted octanol–water partition coefficient (Wildman–Crippen LogP) is 0.987. The number of esters is 1. The first-order valence-corrected chi connectivity index (χ1v) is 9.76. The van der Waals surface area contributed by atoms with Gasteiger partial charge in [-0.1, -0.05) is 24.3 Å². The first-order valence-electron chi connectivity index (χ1n) is 8.28. The average Bonchev–Trinajstić information content (AvgIpc) is 2.64. The molecule has 28 heavy (non-hydrogen) atoms. The summed E-state index contributed by atoms with van der Waals surface area (Å²) in [5.41, 5.74) is 8.74. The number of rotatable bonds is 8. The Bertz CT molecular complexity index is 1070. The lowest BCUT2D eigenvalue weighted by Gasteiger charge is -2.17. The topological polar surface area (TPSA) is 129 Å². The highest BCUT2D eigenvalue weighted by Crippen LogP contribution is 2.29. The maximum Gasteiger partial charge on any atom is 0.441 e. The Morgan fingerprint density at radius 1 is 1.14 bits per heavy atom. The first-order chi connectivity index (χ1) is 13.2. The van der Waals surface area contributed by atoms with Crippen LogP contribution in [0.5, 0.6) is 0 Å². The van der Waals surface area contributed by atoms with Crippen LogP contribution in [-0.2, 0) is 24.3 Å². The highest BCUT2D eigenvalue weighted by atomic mass is 32.2. The molecule has 0 fully saturated rings. The zero-order valence-electron chi connectivity index (χ0n) is 15.7. The molecule has 2 aromatic carbocycles. The molecular weight excluding hydrogens is 384 g/mol. The molecule has 0 aliphatic rings. The van der Waals surface area contributed by atoms with E-state index in [9.17, 15) is 18.0 Å². The predicted molar refractivity (Wildman–Crippen MR) is 104 cm³/mol. The lowest BCUT2D eigenvalue weighted by Crippen LogP contribution is -2.31. The lowest BCUT2D eigenvalue weighted by atomic mass is 10.1. The van der Waals surface area contributed by atoms with Crippen LogP contribution in [0.2, 0.25) is 0 Å². The summed E-state index contributed by atoms with van der Waals surface area (Å²) in [5.74, 6) is -1.89. The summed E-state index contributed by atoms with van der Waals surface area (Å²) < 4.78 is 32.5. The lowest BCUT2D eigenvalue weighted by molar-refractivity contribution is -0.141. The molecule has 148 valence electrons. The molecule has 9 nitrogen and oxygen atoms in total. The van der Waals surface area contributed by atoms with Gasteiger partial charge in [-0.15, -0.1) is 0 Å². The number of hydrogen-bond donors (Lipinski definition) is 1. The van der Waals surface area contributed by atoms with E-state index in [0.29, 0.717) is 5.39 Å². The molecule has 0 spiro atoms. The molecule has 0 aliphatic heterocycles. The van der Waals surface area contributed by atoms with Gasteiger partial charge in [-0.25, -0.2) is 17.9 Å². The minimum Gasteiger partial charge on any atom is -0.455 e. The summed E-state index contributed by atoms with van der Waals surface area (Å²) in [7, 11) is -0.139. The second-order valence-corrected chi connectivity index (χ2v) is 7.80. The van der Waals surface area contributed by atoms with Crippen molar-refractivity contribution in [3.8, 4) is 0 Å². The van der Waals surface area contributed by atoms with Crippen molar-refractivity contribution in [2.75, 3.05) is 32.1 Å². The van der Waals surface area contributed by atoms with Crippen LogP contribution in [-0.4, -0.2) is 57.9 Å². The summed E-state index contributed by atoms with van der Waals surface area (Å²) in [4.78, 5) is 27.2. The van der Waals surface area contributed by atoms with E-state index in [1.165, 1.54) is 6.07 Å². The van der Waals surface area contributed by atoms with Crippen LogP contribution in [0.15, 0.2) is 41.3 Å². The van der Waals surface area contributed by atoms with Gasteiger partial charge < -0.3 is 15.2 Å². The van der Waals surface area contributed by atoms with Gasteiger partial charge in [-0.05, 0) is 12.1 Å². The molecule has 10 heteroatoms. The Hall–Kier alpha value is -3.07. The van der Waals surface area contributed by atoms with Crippen LogP contribution in [0.4, 0.5) is 5.69 Å². The maximum atomic E-state index is 12.7. The normalized spacial score (nSPS) is 11.0. The molecule has 0 bridgehead atoms. The number of benzene rings is 2. The summed E-state index contributed by atoms with van der Waals surface area (Å²) in [5, 5.41) is 1.34. The number of ether oxygens (including phenoxy) is 1. The van der Waals surface area contributed by atoms with Gasteiger partial charge in [0.25, 0.3) is 0 Å². The number of Topliss-reactive ketones (excluding diaryl/α,β-unsaturated/α-hetero) is 1. The van der Waals surface area contributed by atoms with E-state index in [2.05, 4.69) is 9.51 Å². The van der Waals surface area contributed by atoms with Gasteiger partial charge in [0.15, 0.2) is 0 Å². The van der Waals surface area contributed by atoms with Crippen molar-refractivity contribution >= 4 is 43.9 Å².